The zero-order valence-electron chi connectivity index (χ0n) is 13.4. The van der Waals surface area contributed by atoms with Crippen LogP contribution < -0.4 is 5.30 Å². The second-order valence-corrected chi connectivity index (χ2v) is 10.7. The van der Waals surface area contributed by atoms with Crippen molar-refractivity contribution in [3.8, 4) is 0 Å². The first kappa shape index (κ1) is 16.6. The first-order chi connectivity index (χ1) is 12.0. The Hall–Kier alpha value is -1.82. The minimum atomic E-state index is -3.85. The molecule has 0 aromatic heterocycles. The van der Waals surface area contributed by atoms with Gasteiger partial charge in [0.05, 0.1) is 4.92 Å². The van der Waals surface area contributed by atoms with Gasteiger partial charge in [-0.15, -0.1) is 0 Å². The fourth-order valence-electron chi connectivity index (χ4n) is 3.81. The summed E-state index contributed by atoms with van der Waals surface area (Å²) in [6, 6.07) is 15.8. The SMILES string of the molecule is O=[N+]([O-])c1ccccc1S(=O)(=O)N1CC2CC1CP2c1ccccc1. The minimum absolute atomic E-state index is 0.0545. The monoisotopic (exact) mass is 376 g/mol. The van der Waals surface area contributed by atoms with E-state index in [1.807, 2.05) is 18.2 Å². The molecule has 2 aromatic carbocycles. The summed E-state index contributed by atoms with van der Waals surface area (Å²) in [6.07, 6.45) is 1.68. The molecule has 25 heavy (non-hydrogen) atoms. The third kappa shape index (κ3) is 2.76. The van der Waals surface area contributed by atoms with E-state index in [0.29, 0.717) is 12.2 Å². The summed E-state index contributed by atoms with van der Waals surface area (Å²) in [5.74, 6) is 0. The fraction of sp³-hybridized carbons (Fsp3) is 0.294. The molecule has 0 spiro atoms. The number of nitrogens with zero attached hydrogens (tertiary/aromatic N) is 2. The molecule has 0 N–H and O–H groups in total. The van der Waals surface area contributed by atoms with Gasteiger partial charge in [0.25, 0.3) is 5.69 Å². The maximum Gasteiger partial charge on any atom is 0.289 e. The predicted octanol–water partition coefficient (Wildman–Crippen LogP) is 2.55. The highest BCUT2D eigenvalue weighted by Gasteiger charge is 2.50. The van der Waals surface area contributed by atoms with Crippen molar-refractivity contribution in [2.24, 2.45) is 0 Å². The first-order valence-corrected chi connectivity index (χ1v) is 11.1. The molecule has 0 saturated carbocycles. The van der Waals surface area contributed by atoms with Crippen LogP contribution in [0.2, 0.25) is 0 Å². The number of sulfonamides is 1. The number of para-hydroxylation sites is 1. The molecular weight excluding hydrogens is 359 g/mol. The Morgan fingerprint density at radius 3 is 2.40 bits per heavy atom. The second kappa shape index (κ2) is 6.16. The molecule has 130 valence electrons. The zero-order chi connectivity index (χ0) is 17.6. The summed E-state index contributed by atoms with van der Waals surface area (Å²) >= 11 is 0. The van der Waals surface area contributed by atoms with E-state index < -0.39 is 14.9 Å². The van der Waals surface area contributed by atoms with Crippen LogP contribution in [0.25, 0.3) is 0 Å². The number of hydrogen-bond acceptors (Lipinski definition) is 4. The van der Waals surface area contributed by atoms with Gasteiger partial charge >= 0.3 is 0 Å². The molecule has 3 unspecified atom stereocenters. The van der Waals surface area contributed by atoms with E-state index in [4.69, 9.17) is 0 Å². The summed E-state index contributed by atoms with van der Waals surface area (Å²) in [5, 5.41) is 12.5. The Bertz CT molecular complexity index is 919. The number of nitro benzene ring substituents is 1. The topological polar surface area (TPSA) is 80.5 Å². The van der Waals surface area contributed by atoms with Crippen molar-refractivity contribution in [1.29, 1.82) is 0 Å². The number of hydrogen-bond donors (Lipinski definition) is 0. The van der Waals surface area contributed by atoms with Gasteiger partial charge in [0, 0.05) is 18.7 Å². The lowest BCUT2D eigenvalue weighted by Gasteiger charge is -2.31. The average Bonchev–Trinajstić information content (AvgIpc) is 3.23. The number of rotatable bonds is 4. The molecular formula is C17H17N2O4PS. The van der Waals surface area contributed by atoms with E-state index in [0.717, 1.165) is 12.6 Å². The lowest BCUT2D eigenvalue weighted by molar-refractivity contribution is -0.387. The molecule has 2 fully saturated rings. The van der Waals surface area contributed by atoms with Crippen LogP contribution in [0.3, 0.4) is 0 Å². The van der Waals surface area contributed by atoms with Crippen LogP contribution in [-0.4, -0.2) is 42.1 Å². The third-order valence-electron chi connectivity index (χ3n) is 4.93. The highest BCUT2D eigenvalue weighted by atomic mass is 32.2. The van der Waals surface area contributed by atoms with Crippen LogP contribution in [0.1, 0.15) is 6.42 Å². The zero-order valence-corrected chi connectivity index (χ0v) is 15.1. The largest absolute Gasteiger partial charge is 0.289 e. The fourth-order valence-corrected chi connectivity index (χ4v) is 9.03. The molecule has 2 bridgehead atoms. The Kier molecular flexibility index (Phi) is 4.10. The van der Waals surface area contributed by atoms with Crippen LogP contribution in [-0.2, 0) is 10.0 Å². The van der Waals surface area contributed by atoms with Crippen LogP contribution in [0.15, 0.2) is 59.5 Å². The Balaban J connectivity index is 1.62. The van der Waals surface area contributed by atoms with Crippen molar-refractivity contribution in [3.63, 3.8) is 0 Å². The van der Waals surface area contributed by atoms with Crippen molar-refractivity contribution in [2.75, 3.05) is 12.7 Å². The van der Waals surface area contributed by atoms with Gasteiger partial charge in [0.15, 0.2) is 4.90 Å². The molecule has 2 aromatic rings. The molecule has 4 rings (SSSR count). The Morgan fingerprint density at radius 2 is 1.76 bits per heavy atom. The highest BCUT2D eigenvalue weighted by Crippen LogP contribution is 2.55. The number of nitro groups is 1. The van der Waals surface area contributed by atoms with Crippen LogP contribution in [0.5, 0.6) is 0 Å². The molecule has 3 atom stereocenters. The molecule has 2 heterocycles. The lowest BCUT2D eigenvalue weighted by Crippen LogP contribution is -2.40. The van der Waals surface area contributed by atoms with E-state index in [2.05, 4.69) is 12.1 Å². The van der Waals surface area contributed by atoms with Gasteiger partial charge in [-0.25, -0.2) is 8.42 Å². The van der Waals surface area contributed by atoms with Crippen molar-refractivity contribution < 1.29 is 13.3 Å². The van der Waals surface area contributed by atoms with Gasteiger partial charge in [0.1, 0.15) is 0 Å². The van der Waals surface area contributed by atoms with Crippen LogP contribution >= 0.6 is 7.92 Å². The Morgan fingerprint density at radius 1 is 1.08 bits per heavy atom. The van der Waals surface area contributed by atoms with Crippen molar-refractivity contribution >= 4 is 28.9 Å². The van der Waals surface area contributed by atoms with Gasteiger partial charge < -0.3 is 0 Å². The molecule has 0 aliphatic carbocycles. The number of fused-ring (bicyclic) bond motifs is 2. The van der Waals surface area contributed by atoms with Crippen molar-refractivity contribution in [2.45, 2.75) is 23.0 Å². The van der Waals surface area contributed by atoms with Crippen LogP contribution in [0.4, 0.5) is 5.69 Å². The van der Waals surface area contributed by atoms with E-state index in [1.54, 1.807) is 0 Å². The first-order valence-electron chi connectivity index (χ1n) is 8.05. The van der Waals surface area contributed by atoms with Gasteiger partial charge in [-0.2, -0.15) is 4.31 Å². The van der Waals surface area contributed by atoms with E-state index in [9.17, 15) is 18.5 Å². The van der Waals surface area contributed by atoms with Crippen LogP contribution in [0, 0.1) is 10.1 Å². The quantitative estimate of drug-likeness (QED) is 0.467. The second-order valence-electron chi connectivity index (χ2n) is 6.33. The van der Waals surface area contributed by atoms with Gasteiger partial charge in [0.2, 0.25) is 10.0 Å². The maximum atomic E-state index is 13.0. The summed E-state index contributed by atoms with van der Waals surface area (Å²) in [4.78, 5) is 10.4. The molecule has 8 heteroatoms. The lowest BCUT2D eigenvalue weighted by atomic mass is 10.3. The predicted molar refractivity (Wildman–Crippen MR) is 97.0 cm³/mol. The molecule has 0 radical (unpaired) electrons. The average molecular weight is 376 g/mol. The number of benzene rings is 2. The molecule has 6 nitrogen and oxygen atoms in total. The molecule has 2 saturated heterocycles. The van der Waals surface area contributed by atoms with Crippen molar-refractivity contribution in [3.05, 3.63) is 64.7 Å². The molecule has 2 aliphatic heterocycles. The summed E-state index contributed by atoms with van der Waals surface area (Å²) < 4.78 is 27.5. The maximum absolute atomic E-state index is 13.0. The molecule has 0 amide bonds. The standard InChI is InChI=1S/C17H17N2O4PS/c20-19(21)16-8-4-5-9-17(16)25(22,23)18-11-15-10-13(18)12-24(15)14-6-2-1-3-7-14/h1-9,13,15H,10-12H2. The normalized spacial score (nSPS) is 26.0. The van der Waals surface area contributed by atoms with Crippen molar-refractivity contribution in [1.82, 2.24) is 4.31 Å². The van der Waals surface area contributed by atoms with E-state index in [1.165, 1.54) is 33.9 Å². The molecule has 2 aliphatic rings. The Labute approximate surface area is 147 Å². The van der Waals surface area contributed by atoms with Gasteiger partial charge in [-0.3, -0.25) is 10.1 Å². The minimum Gasteiger partial charge on any atom is -0.258 e. The third-order valence-corrected chi connectivity index (χ3v) is 9.92. The van der Waals surface area contributed by atoms with Gasteiger partial charge in [-0.1, -0.05) is 50.4 Å². The van der Waals surface area contributed by atoms with E-state index >= 15 is 0 Å². The summed E-state index contributed by atoms with van der Waals surface area (Å²) in [5.41, 5.74) is -0.0180. The summed E-state index contributed by atoms with van der Waals surface area (Å²) in [6.45, 7) is 0.458. The smallest absolute Gasteiger partial charge is 0.258 e. The van der Waals surface area contributed by atoms with Gasteiger partial charge in [-0.05, 0) is 29.6 Å². The summed E-state index contributed by atoms with van der Waals surface area (Å²) in [7, 11) is -4.21. The highest BCUT2D eigenvalue weighted by molar-refractivity contribution is 7.89. The van der Waals surface area contributed by atoms with E-state index in [-0.39, 0.29) is 24.5 Å².